The molecule has 5 nitrogen and oxygen atoms in total. The van der Waals surface area contributed by atoms with Crippen LogP contribution in [-0.4, -0.2) is 46.5 Å². The lowest BCUT2D eigenvalue weighted by Gasteiger charge is -2.23. The number of hydrogen-bond acceptors (Lipinski definition) is 6. The number of aromatic nitrogens is 3. The molecule has 0 saturated heterocycles. The van der Waals surface area contributed by atoms with Crippen molar-refractivity contribution in [3.05, 3.63) is 16.1 Å². The van der Waals surface area contributed by atoms with Crippen LogP contribution in [0.5, 0.6) is 0 Å². The number of aliphatic hydroxyl groups is 1. The monoisotopic (exact) mass is 364 g/mol. The summed E-state index contributed by atoms with van der Waals surface area (Å²) in [5.41, 5.74) is 0.0443. The molecule has 0 amide bonds. The van der Waals surface area contributed by atoms with Crippen LogP contribution in [0, 0.1) is 11.7 Å². The van der Waals surface area contributed by atoms with Gasteiger partial charge in [-0.3, -0.25) is 0 Å². The lowest BCUT2D eigenvalue weighted by atomic mass is 10.2. The van der Waals surface area contributed by atoms with Crippen LogP contribution in [0.4, 0.5) is 10.2 Å². The van der Waals surface area contributed by atoms with Crippen molar-refractivity contribution in [3.63, 3.8) is 0 Å². The van der Waals surface area contributed by atoms with E-state index in [2.05, 4.69) is 15.0 Å². The molecule has 2 heterocycles. The van der Waals surface area contributed by atoms with E-state index >= 15 is 0 Å². The average Bonchev–Trinajstić information content (AvgIpc) is 2.51. The molecule has 22 heavy (non-hydrogen) atoms. The fourth-order valence-corrected chi connectivity index (χ4v) is 2.88. The summed E-state index contributed by atoms with van der Waals surface area (Å²) >= 11 is 13.2. The summed E-state index contributed by atoms with van der Waals surface area (Å²) in [5.74, 6) is -0.233. The fraction of sp³-hybridized carbons (Fsp3) is 0.462. The zero-order valence-corrected chi connectivity index (χ0v) is 14.6. The van der Waals surface area contributed by atoms with Crippen LogP contribution in [-0.2, 0) is 0 Å². The minimum atomic E-state index is -0.719. The predicted molar refractivity (Wildman–Crippen MR) is 88.6 cm³/mol. The van der Waals surface area contributed by atoms with E-state index in [0.717, 1.165) is 0 Å². The van der Waals surface area contributed by atoms with Crippen LogP contribution in [0.3, 0.4) is 0 Å². The number of rotatable bonds is 5. The quantitative estimate of drug-likeness (QED) is 0.499. The standard InChI is InChI=1S/C13H15Cl2FN4OS/c1-6(5-21)4-20(2)12-7-9(17-13(19-12)22-3)8(16)11(15)18-10(7)14/h6,21H,4-5H2,1-3H3. The first-order valence-electron chi connectivity index (χ1n) is 6.47. The molecule has 0 bridgehead atoms. The Labute approximate surface area is 141 Å². The predicted octanol–water partition coefficient (Wildman–Crippen LogP) is 3.26. The van der Waals surface area contributed by atoms with Crippen molar-refractivity contribution in [2.75, 3.05) is 31.4 Å². The van der Waals surface area contributed by atoms with Gasteiger partial charge in [0.15, 0.2) is 16.1 Å². The highest BCUT2D eigenvalue weighted by Gasteiger charge is 2.21. The van der Waals surface area contributed by atoms with Gasteiger partial charge >= 0.3 is 0 Å². The molecule has 120 valence electrons. The van der Waals surface area contributed by atoms with E-state index in [1.165, 1.54) is 11.8 Å². The van der Waals surface area contributed by atoms with Crippen LogP contribution < -0.4 is 4.90 Å². The minimum absolute atomic E-state index is 0.0247. The minimum Gasteiger partial charge on any atom is -0.396 e. The third kappa shape index (κ3) is 3.37. The van der Waals surface area contributed by atoms with Crippen molar-refractivity contribution >= 4 is 51.7 Å². The van der Waals surface area contributed by atoms with E-state index in [0.29, 0.717) is 22.9 Å². The van der Waals surface area contributed by atoms with E-state index in [1.54, 1.807) is 18.2 Å². The van der Waals surface area contributed by atoms with Gasteiger partial charge in [-0.15, -0.1) is 0 Å². The van der Waals surface area contributed by atoms with Crippen LogP contribution in [0.2, 0.25) is 10.3 Å². The number of thioether (sulfide) groups is 1. The zero-order chi connectivity index (χ0) is 16.4. The molecule has 0 fully saturated rings. The Balaban J connectivity index is 2.69. The zero-order valence-electron chi connectivity index (χ0n) is 12.3. The Morgan fingerprint density at radius 2 is 1.95 bits per heavy atom. The average molecular weight is 365 g/mol. The fourth-order valence-electron chi connectivity index (χ4n) is 2.05. The summed E-state index contributed by atoms with van der Waals surface area (Å²) in [6, 6.07) is 0. The summed E-state index contributed by atoms with van der Waals surface area (Å²) in [6.07, 6.45) is 1.80. The molecule has 0 aliphatic carbocycles. The van der Waals surface area contributed by atoms with Gasteiger partial charge in [-0.05, 0) is 12.2 Å². The van der Waals surface area contributed by atoms with Gasteiger partial charge in [0.25, 0.3) is 0 Å². The van der Waals surface area contributed by atoms with Crippen molar-refractivity contribution < 1.29 is 9.50 Å². The van der Waals surface area contributed by atoms with E-state index in [-0.39, 0.29) is 28.3 Å². The van der Waals surface area contributed by atoms with E-state index in [4.69, 9.17) is 23.2 Å². The maximum Gasteiger partial charge on any atom is 0.189 e. The highest BCUT2D eigenvalue weighted by molar-refractivity contribution is 7.98. The molecule has 2 aromatic heterocycles. The molecule has 0 saturated carbocycles. The molecule has 9 heteroatoms. The van der Waals surface area contributed by atoms with Crippen molar-refractivity contribution in [2.45, 2.75) is 12.1 Å². The van der Waals surface area contributed by atoms with Gasteiger partial charge in [0.1, 0.15) is 16.5 Å². The maximum absolute atomic E-state index is 14.3. The Kier molecular flexibility index (Phi) is 5.65. The lowest BCUT2D eigenvalue weighted by Crippen LogP contribution is -2.27. The number of pyridine rings is 1. The van der Waals surface area contributed by atoms with Gasteiger partial charge in [-0.25, -0.2) is 19.3 Å². The number of halogens is 3. The first-order valence-corrected chi connectivity index (χ1v) is 8.45. The van der Waals surface area contributed by atoms with Crippen molar-refractivity contribution in [1.82, 2.24) is 15.0 Å². The van der Waals surface area contributed by atoms with E-state index in [9.17, 15) is 9.50 Å². The molecule has 2 aromatic rings. The molecule has 2 rings (SSSR count). The van der Waals surface area contributed by atoms with Crippen molar-refractivity contribution in [1.29, 1.82) is 0 Å². The van der Waals surface area contributed by atoms with Gasteiger partial charge < -0.3 is 10.0 Å². The highest BCUT2D eigenvalue weighted by atomic mass is 35.5. The third-order valence-electron chi connectivity index (χ3n) is 3.10. The number of hydrogen-bond donors (Lipinski definition) is 1. The molecule has 0 aromatic carbocycles. The number of nitrogens with zero attached hydrogens (tertiary/aromatic N) is 4. The molecular formula is C13H15Cl2FN4OS. The van der Waals surface area contributed by atoms with Crippen molar-refractivity contribution in [3.8, 4) is 0 Å². The number of anilines is 1. The number of fused-ring (bicyclic) bond motifs is 1. The largest absolute Gasteiger partial charge is 0.396 e. The summed E-state index contributed by atoms with van der Waals surface area (Å²) in [6.45, 7) is 2.46. The summed E-state index contributed by atoms with van der Waals surface area (Å²) in [4.78, 5) is 14.1. The molecule has 1 unspecified atom stereocenters. The Hall–Kier alpha value is -0.890. The molecule has 0 radical (unpaired) electrons. The molecule has 0 aliphatic rings. The van der Waals surface area contributed by atoms with Gasteiger partial charge in [0.05, 0.1) is 5.39 Å². The smallest absolute Gasteiger partial charge is 0.189 e. The van der Waals surface area contributed by atoms with E-state index < -0.39 is 5.82 Å². The van der Waals surface area contributed by atoms with Gasteiger partial charge in [-0.2, -0.15) is 0 Å². The topological polar surface area (TPSA) is 62.1 Å². The molecule has 1 atom stereocenters. The third-order valence-corrected chi connectivity index (χ3v) is 4.17. The SMILES string of the molecule is CSc1nc(N(C)CC(C)CO)c2c(Cl)nc(Cl)c(F)c2n1. The summed E-state index contributed by atoms with van der Waals surface area (Å²) < 4.78 is 14.3. The first-order chi connectivity index (χ1) is 10.4. The highest BCUT2D eigenvalue weighted by Crippen LogP contribution is 2.34. The first kappa shape index (κ1) is 17.5. The van der Waals surface area contributed by atoms with Crippen LogP contribution in [0.25, 0.3) is 10.9 Å². The Bertz CT molecular complexity index is 704. The second-order valence-electron chi connectivity index (χ2n) is 4.93. The Morgan fingerprint density at radius 1 is 1.27 bits per heavy atom. The molecular weight excluding hydrogens is 350 g/mol. The van der Waals surface area contributed by atoms with Crippen molar-refractivity contribution in [2.24, 2.45) is 5.92 Å². The molecule has 0 spiro atoms. The van der Waals surface area contributed by atoms with Crippen LogP contribution >= 0.6 is 35.0 Å². The number of aliphatic hydroxyl groups excluding tert-OH is 1. The summed E-state index contributed by atoms with van der Waals surface area (Å²) in [5, 5.41) is 9.65. The summed E-state index contributed by atoms with van der Waals surface area (Å²) in [7, 11) is 1.79. The molecule has 0 aliphatic heterocycles. The van der Waals surface area contributed by atoms with E-state index in [1.807, 2.05) is 6.92 Å². The Morgan fingerprint density at radius 3 is 2.55 bits per heavy atom. The lowest BCUT2D eigenvalue weighted by molar-refractivity contribution is 0.240. The maximum atomic E-state index is 14.3. The van der Waals surface area contributed by atoms with Crippen LogP contribution in [0.15, 0.2) is 5.16 Å². The van der Waals surface area contributed by atoms with Gasteiger partial charge in [0.2, 0.25) is 0 Å². The normalized spacial score (nSPS) is 12.7. The second-order valence-corrected chi connectivity index (χ2v) is 6.42. The second kappa shape index (κ2) is 7.12. The molecule has 1 N–H and O–H groups in total. The van der Waals surface area contributed by atoms with Gasteiger partial charge in [0, 0.05) is 20.2 Å². The van der Waals surface area contributed by atoms with Crippen LogP contribution in [0.1, 0.15) is 6.92 Å². The van der Waals surface area contributed by atoms with Gasteiger partial charge in [-0.1, -0.05) is 41.9 Å².